The highest BCUT2D eigenvalue weighted by Gasteiger charge is 2.15. The van der Waals surface area contributed by atoms with E-state index < -0.39 is 11.7 Å². The zero-order chi connectivity index (χ0) is 13.1. The van der Waals surface area contributed by atoms with E-state index in [9.17, 15) is 9.18 Å². The molecule has 0 saturated heterocycles. The number of carbonyl (C=O) groups excluding carboxylic acids is 1. The maximum atomic E-state index is 13.5. The second-order valence-electron chi connectivity index (χ2n) is 3.41. The second kappa shape index (κ2) is 5.62. The Kier molecular flexibility index (Phi) is 4.13. The number of hydrogen-bond donors (Lipinski definition) is 1. The van der Waals surface area contributed by atoms with E-state index >= 15 is 0 Å². The highest BCUT2D eigenvalue weighted by molar-refractivity contribution is 14.1. The molecule has 0 saturated carbocycles. The molecule has 1 aromatic carbocycles. The average molecular weight is 377 g/mol. The van der Waals surface area contributed by atoms with E-state index in [0.29, 0.717) is 5.82 Å². The summed E-state index contributed by atoms with van der Waals surface area (Å²) in [5.41, 5.74) is -0.181. The van der Waals surface area contributed by atoms with Gasteiger partial charge in [0.25, 0.3) is 5.91 Å². The van der Waals surface area contributed by atoms with Crippen molar-refractivity contribution < 1.29 is 9.18 Å². The van der Waals surface area contributed by atoms with Crippen LogP contribution < -0.4 is 5.32 Å². The summed E-state index contributed by atoms with van der Waals surface area (Å²) in [6, 6.07) is 7.50. The third kappa shape index (κ3) is 2.97. The normalized spacial score (nSPS) is 10.2. The van der Waals surface area contributed by atoms with Gasteiger partial charge in [-0.15, -0.1) is 0 Å². The van der Waals surface area contributed by atoms with Crippen molar-refractivity contribution in [1.29, 1.82) is 0 Å². The molecule has 1 heterocycles. The van der Waals surface area contributed by atoms with E-state index in [1.807, 2.05) is 0 Å². The van der Waals surface area contributed by atoms with E-state index in [0.717, 1.165) is 3.57 Å². The number of anilines is 1. The first-order valence-electron chi connectivity index (χ1n) is 4.95. The first-order chi connectivity index (χ1) is 8.58. The van der Waals surface area contributed by atoms with Gasteiger partial charge < -0.3 is 5.32 Å². The maximum Gasteiger partial charge on any atom is 0.261 e. The van der Waals surface area contributed by atoms with Gasteiger partial charge >= 0.3 is 0 Å². The molecule has 6 heteroatoms. The number of aromatic nitrogens is 1. The SMILES string of the molecule is O=C(Nc1ccc(I)cn1)c1c(F)cccc1Cl. The van der Waals surface area contributed by atoms with Gasteiger partial charge in [-0.05, 0) is 46.9 Å². The summed E-state index contributed by atoms with van der Waals surface area (Å²) in [6.45, 7) is 0. The molecule has 0 unspecified atom stereocenters. The quantitative estimate of drug-likeness (QED) is 0.812. The molecule has 92 valence electrons. The van der Waals surface area contributed by atoms with Crippen LogP contribution in [0.1, 0.15) is 10.4 Å². The molecular formula is C12H7ClFIN2O. The topological polar surface area (TPSA) is 42.0 Å². The van der Waals surface area contributed by atoms with Crippen molar-refractivity contribution in [3.05, 3.63) is 56.5 Å². The Hall–Kier alpha value is -1.21. The van der Waals surface area contributed by atoms with Gasteiger partial charge in [0, 0.05) is 9.77 Å². The van der Waals surface area contributed by atoms with Gasteiger partial charge in [0.1, 0.15) is 11.6 Å². The highest BCUT2D eigenvalue weighted by atomic mass is 127. The maximum absolute atomic E-state index is 13.5. The lowest BCUT2D eigenvalue weighted by atomic mass is 10.2. The van der Waals surface area contributed by atoms with Crippen LogP contribution in [0.15, 0.2) is 36.5 Å². The predicted molar refractivity (Wildman–Crippen MR) is 76.3 cm³/mol. The summed E-state index contributed by atoms with van der Waals surface area (Å²) < 4.78 is 14.4. The zero-order valence-electron chi connectivity index (χ0n) is 8.95. The van der Waals surface area contributed by atoms with Crippen molar-refractivity contribution in [3.8, 4) is 0 Å². The molecule has 0 aliphatic heterocycles. The summed E-state index contributed by atoms with van der Waals surface area (Å²) in [6.07, 6.45) is 1.60. The Bertz CT molecular complexity index is 569. The van der Waals surface area contributed by atoms with E-state index in [1.54, 1.807) is 18.3 Å². The molecule has 0 fully saturated rings. The van der Waals surface area contributed by atoms with Crippen LogP contribution in [0.25, 0.3) is 0 Å². The molecular weight excluding hydrogens is 370 g/mol. The third-order valence-electron chi connectivity index (χ3n) is 2.16. The van der Waals surface area contributed by atoms with Crippen molar-refractivity contribution in [3.63, 3.8) is 0 Å². The van der Waals surface area contributed by atoms with Gasteiger partial charge in [0.05, 0.1) is 10.6 Å². The standard InChI is InChI=1S/C12H7ClFIN2O/c13-8-2-1-3-9(14)11(8)12(18)17-10-5-4-7(15)6-16-10/h1-6H,(H,16,17,18). The summed E-state index contributed by atoms with van der Waals surface area (Å²) in [7, 11) is 0. The zero-order valence-corrected chi connectivity index (χ0v) is 11.9. The smallest absolute Gasteiger partial charge is 0.261 e. The first-order valence-corrected chi connectivity index (χ1v) is 6.40. The number of rotatable bonds is 2. The fourth-order valence-corrected chi connectivity index (χ4v) is 1.91. The molecule has 0 spiro atoms. The van der Waals surface area contributed by atoms with Crippen molar-refractivity contribution in [2.75, 3.05) is 5.32 Å². The van der Waals surface area contributed by atoms with Crippen molar-refractivity contribution in [1.82, 2.24) is 4.98 Å². The molecule has 0 aliphatic carbocycles. The molecule has 0 radical (unpaired) electrons. The molecule has 2 rings (SSSR count). The van der Waals surface area contributed by atoms with Crippen molar-refractivity contribution in [2.24, 2.45) is 0 Å². The molecule has 1 amide bonds. The van der Waals surface area contributed by atoms with E-state index in [1.165, 1.54) is 18.2 Å². The first kappa shape index (κ1) is 13.2. The fourth-order valence-electron chi connectivity index (χ4n) is 1.34. The number of nitrogens with one attached hydrogen (secondary N) is 1. The van der Waals surface area contributed by atoms with Gasteiger partial charge in [-0.3, -0.25) is 4.79 Å². The molecule has 1 aromatic heterocycles. The Morgan fingerprint density at radius 2 is 2.11 bits per heavy atom. The minimum atomic E-state index is -0.662. The van der Waals surface area contributed by atoms with Crippen LogP contribution in [-0.2, 0) is 0 Å². The summed E-state index contributed by atoms with van der Waals surface area (Å²) >= 11 is 7.89. The van der Waals surface area contributed by atoms with Gasteiger partial charge in [0.2, 0.25) is 0 Å². The molecule has 0 aliphatic rings. The molecule has 2 aromatic rings. The minimum absolute atomic E-state index is 0.0676. The molecule has 3 nitrogen and oxygen atoms in total. The van der Waals surface area contributed by atoms with Crippen molar-refractivity contribution >= 4 is 45.9 Å². The number of amides is 1. The second-order valence-corrected chi connectivity index (χ2v) is 5.07. The number of hydrogen-bond acceptors (Lipinski definition) is 2. The molecule has 18 heavy (non-hydrogen) atoms. The molecule has 0 atom stereocenters. The van der Waals surface area contributed by atoms with Crippen LogP contribution in [0.2, 0.25) is 5.02 Å². The lowest BCUT2D eigenvalue weighted by Crippen LogP contribution is -2.15. The van der Waals surface area contributed by atoms with E-state index in [4.69, 9.17) is 11.6 Å². The largest absolute Gasteiger partial charge is 0.306 e. The third-order valence-corrected chi connectivity index (χ3v) is 3.11. The Balaban J connectivity index is 2.25. The van der Waals surface area contributed by atoms with Crippen molar-refractivity contribution in [2.45, 2.75) is 0 Å². The van der Waals surface area contributed by atoms with Crippen LogP contribution in [-0.4, -0.2) is 10.9 Å². The Morgan fingerprint density at radius 1 is 1.33 bits per heavy atom. The Morgan fingerprint density at radius 3 is 2.72 bits per heavy atom. The average Bonchev–Trinajstić information content (AvgIpc) is 2.32. The van der Waals surface area contributed by atoms with Crippen LogP contribution in [0.4, 0.5) is 10.2 Å². The number of benzene rings is 1. The fraction of sp³-hybridized carbons (Fsp3) is 0. The van der Waals surface area contributed by atoms with Gasteiger partial charge in [-0.25, -0.2) is 9.37 Å². The highest BCUT2D eigenvalue weighted by Crippen LogP contribution is 2.20. The van der Waals surface area contributed by atoms with E-state index in [2.05, 4.69) is 32.9 Å². The Labute approximate surface area is 122 Å². The number of nitrogens with zero attached hydrogens (tertiary/aromatic N) is 1. The summed E-state index contributed by atoms with van der Waals surface area (Å²) in [5.74, 6) is -0.933. The number of carbonyl (C=O) groups is 1. The lowest BCUT2D eigenvalue weighted by molar-refractivity contribution is 0.102. The van der Waals surface area contributed by atoms with Gasteiger partial charge in [-0.2, -0.15) is 0 Å². The summed E-state index contributed by atoms with van der Waals surface area (Å²) in [5, 5.41) is 2.56. The van der Waals surface area contributed by atoms with Crippen LogP contribution in [0, 0.1) is 9.39 Å². The molecule has 1 N–H and O–H groups in total. The van der Waals surface area contributed by atoms with E-state index in [-0.39, 0.29) is 10.6 Å². The van der Waals surface area contributed by atoms with Gasteiger partial charge in [-0.1, -0.05) is 17.7 Å². The minimum Gasteiger partial charge on any atom is -0.306 e. The summed E-state index contributed by atoms with van der Waals surface area (Å²) in [4.78, 5) is 15.9. The van der Waals surface area contributed by atoms with Crippen LogP contribution in [0.3, 0.4) is 0 Å². The number of halogens is 3. The predicted octanol–water partition coefficient (Wildman–Crippen LogP) is 3.73. The van der Waals surface area contributed by atoms with Gasteiger partial charge in [0.15, 0.2) is 0 Å². The number of pyridine rings is 1. The van der Waals surface area contributed by atoms with Crippen LogP contribution >= 0.6 is 34.2 Å². The lowest BCUT2D eigenvalue weighted by Gasteiger charge is -2.06. The van der Waals surface area contributed by atoms with Crippen LogP contribution in [0.5, 0.6) is 0 Å². The monoisotopic (exact) mass is 376 g/mol. The molecule has 0 bridgehead atoms.